The predicted molar refractivity (Wildman–Crippen MR) is 104 cm³/mol. The lowest BCUT2D eigenvalue weighted by atomic mass is 9.97. The Bertz CT molecular complexity index is 744. The average molecular weight is 371 g/mol. The number of piperidine rings is 1. The summed E-state index contributed by atoms with van der Waals surface area (Å²) >= 11 is 0. The van der Waals surface area contributed by atoms with E-state index in [9.17, 15) is 4.79 Å². The molecule has 1 amide bonds. The standard InChI is InChI=1S/C21H29N3O3/c1-3-4-5-6-12-19(25)24-13-8-10-17(15-24)21-22-20(23-27-21)16-9-7-11-18(14-16)26-2/h7,9,11,14,17H,3-6,8,10,12-13,15H2,1-2H3. The Morgan fingerprint density at radius 1 is 1.33 bits per heavy atom. The maximum Gasteiger partial charge on any atom is 0.231 e. The fourth-order valence-electron chi connectivity index (χ4n) is 3.55. The van der Waals surface area contributed by atoms with E-state index in [1.807, 2.05) is 29.2 Å². The first-order valence-electron chi connectivity index (χ1n) is 9.97. The number of methoxy groups -OCH3 is 1. The normalized spacial score (nSPS) is 17.1. The van der Waals surface area contributed by atoms with Crippen molar-refractivity contribution in [2.75, 3.05) is 20.2 Å². The zero-order valence-electron chi connectivity index (χ0n) is 16.3. The number of unbranched alkanes of at least 4 members (excludes halogenated alkanes) is 3. The van der Waals surface area contributed by atoms with E-state index in [0.717, 1.165) is 43.5 Å². The van der Waals surface area contributed by atoms with Crippen LogP contribution in [-0.4, -0.2) is 41.1 Å². The van der Waals surface area contributed by atoms with E-state index >= 15 is 0 Å². The zero-order valence-corrected chi connectivity index (χ0v) is 16.3. The highest BCUT2D eigenvalue weighted by molar-refractivity contribution is 5.76. The first kappa shape index (κ1) is 19.4. The highest BCUT2D eigenvalue weighted by Gasteiger charge is 2.28. The van der Waals surface area contributed by atoms with Crippen molar-refractivity contribution in [1.82, 2.24) is 15.0 Å². The largest absolute Gasteiger partial charge is 0.497 e. The summed E-state index contributed by atoms with van der Waals surface area (Å²) in [5.41, 5.74) is 0.865. The van der Waals surface area contributed by atoms with Crippen LogP contribution in [0.15, 0.2) is 28.8 Å². The average Bonchev–Trinajstić information content (AvgIpc) is 3.21. The van der Waals surface area contributed by atoms with Crippen LogP contribution in [0.2, 0.25) is 0 Å². The minimum absolute atomic E-state index is 0.116. The summed E-state index contributed by atoms with van der Waals surface area (Å²) in [6.45, 7) is 3.69. The molecular formula is C21H29N3O3. The molecule has 1 atom stereocenters. The first-order chi connectivity index (χ1) is 13.2. The molecule has 1 unspecified atom stereocenters. The number of benzene rings is 1. The third-order valence-electron chi connectivity index (χ3n) is 5.14. The van der Waals surface area contributed by atoms with Gasteiger partial charge < -0.3 is 14.2 Å². The van der Waals surface area contributed by atoms with Crippen molar-refractivity contribution in [2.45, 2.75) is 57.8 Å². The molecule has 0 bridgehead atoms. The Balaban J connectivity index is 1.61. The van der Waals surface area contributed by atoms with Crippen molar-refractivity contribution in [2.24, 2.45) is 0 Å². The van der Waals surface area contributed by atoms with Gasteiger partial charge in [-0.05, 0) is 31.4 Å². The number of rotatable bonds is 8. The minimum atomic E-state index is 0.116. The fourth-order valence-corrected chi connectivity index (χ4v) is 3.55. The van der Waals surface area contributed by atoms with Crippen molar-refractivity contribution in [1.29, 1.82) is 0 Å². The quantitative estimate of drug-likeness (QED) is 0.643. The Morgan fingerprint density at radius 2 is 2.22 bits per heavy atom. The molecule has 6 heteroatoms. The molecule has 0 aliphatic carbocycles. The van der Waals surface area contributed by atoms with Crippen LogP contribution in [0.5, 0.6) is 5.75 Å². The molecule has 1 aliphatic heterocycles. The molecule has 0 radical (unpaired) electrons. The van der Waals surface area contributed by atoms with Gasteiger partial charge in [0, 0.05) is 25.1 Å². The van der Waals surface area contributed by atoms with E-state index in [1.165, 1.54) is 12.8 Å². The van der Waals surface area contributed by atoms with Crippen molar-refractivity contribution >= 4 is 5.91 Å². The lowest BCUT2D eigenvalue weighted by Crippen LogP contribution is -2.39. The summed E-state index contributed by atoms with van der Waals surface area (Å²) in [5, 5.41) is 4.13. The second kappa shape index (κ2) is 9.53. The molecule has 3 rings (SSSR count). The van der Waals surface area contributed by atoms with Crippen LogP contribution < -0.4 is 4.74 Å². The molecule has 1 saturated heterocycles. The Labute approximate surface area is 160 Å². The van der Waals surface area contributed by atoms with E-state index in [0.29, 0.717) is 24.7 Å². The number of likely N-dealkylation sites (tertiary alicyclic amines) is 1. The third-order valence-corrected chi connectivity index (χ3v) is 5.14. The molecule has 2 heterocycles. The number of nitrogens with zero attached hydrogens (tertiary/aromatic N) is 3. The minimum Gasteiger partial charge on any atom is -0.497 e. The van der Waals surface area contributed by atoms with Crippen molar-refractivity contribution in [3.8, 4) is 17.1 Å². The maximum atomic E-state index is 12.5. The van der Waals surface area contributed by atoms with E-state index in [4.69, 9.17) is 9.26 Å². The number of carbonyl (C=O) groups is 1. The molecule has 1 fully saturated rings. The number of aromatic nitrogens is 2. The maximum absolute atomic E-state index is 12.5. The van der Waals surface area contributed by atoms with Gasteiger partial charge in [-0.3, -0.25) is 4.79 Å². The monoisotopic (exact) mass is 371 g/mol. The number of hydrogen-bond donors (Lipinski definition) is 0. The first-order valence-corrected chi connectivity index (χ1v) is 9.97. The smallest absolute Gasteiger partial charge is 0.231 e. The molecule has 0 spiro atoms. The van der Waals surface area contributed by atoms with Gasteiger partial charge in [0.25, 0.3) is 0 Å². The van der Waals surface area contributed by atoms with Crippen LogP contribution in [0.4, 0.5) is 0 Å². The molecule has 1 aromatic carbocycles. The van der Waals surface area contributed by atoms with Gasteiger partial charge in [0.05, 0.1) is 13.0 Å². The van der Waals surface area contributed by atoms with Gasteiger partial charge in [0.1, 0.15) is 5.75 Å². The van der Waals surface area contributed by atoms with Crippen LogP contribution >= 0.6 is 0 Å². The predicted octanol–water partition coefficient (Wildman–Crippen LogP) is 4.42. The third kappa shape index (κ3) is 5.08. The lowest BCUT2D eigenvalue weighted by Gasteiger charge is -2.31. The van der Waals surface area contributed by atoms with E-state index in [-0.39, 0.29) is 11.8 Å². The molecular weight excluding hydrogens is 342 g/mol. The zero-order chi connectivity index (χ0) is 19.1. The van der Waals surface area contributed by atoms with Crippen LogP contribution in [0.1, 0.15) is 63.7 Å². The number of ether oxygens (including phenoxy) is 1. The highest BCUT2D eigenvalue weighted by atomic mass is 16.5. The van der Waals surface area contributed by atoms with Crippen molar-refractivity contribution in [3.05, 3.63) is 30.2 Å². The van der Waals surface area contributed by atoms with Gasteiger partial charge in [0.15, 0.2) is 0 Å². The molecule has 2 aromatic rings. The molecule has 1 aliphatic rings. The van der Waals surface area contributed by atoms with Gasteiger partial charge in [-0.25, -0.2) is 0 Å². The van der Waals surface area contributed by atoms with Crippen LogP contribution in [-0.2, 0) is 4.79 Å². The van der Waals surface area contributed by atoms with Gasteiger partial charge in [-0.1, -0.05) is 43.5 Å². The van der Waals surface area contributed by atoms with Gasteiger partial charge in [0.2, 0.25) is 17.6 Å². The van der Waals surface area contributed by atoms with Gasteiger partial charge >= 0.3 is 0 Å². The van der Waals surface area contributed by atoms with E-state index in [1.54, 1.807) is 7.11 Å². The van der Waals surface area contributed by atoms with Crippen molar-refractivity contribution < 1.29 is 14.1 Å². The van der Waals surface area contributed by atoms with Crippen LogP contribution in [0.3, 0.4) is 0 Å². The summed E-state index contributed by atoms with van der Waals surface area (Å²) in [7, 11) is 1.64. The Hall–Kier alpha value is -2.37. The molecule has 0 N–H and O–H groups in total. The lowest BCUT2D eigenvalue weighted by molar-refractivity contribution is -0.132. The molecule has 1 aromatic heterocycles. The Kier molecular flexibility index (Phi) is 6.85. The Morgan fingerprint density at radius 3 is 3.04 bits per heavy atom. The number of hydrogen-bond acceptors (Lipinski definition) is 5. The van der Waals surface area contributed by atoms with Crippen LogP contribution in [0, 0.1) is 0 Å². The molecule has 146 valence electrons. The SMILES string of the molecule is CCCCCCC(=O)N1CCCC(c2nc(-c3cccc(OC)c3)no2)C1. The van der Waals surface area contributed by atoms with Crippen molar-refractivity contribution in [3.63, 3.8) is 0 Å². The summed E-state index contributed by atoms with van der Waals surface area (Å²) in [6.07, 6.45) is 7.09. The van der Waals surface area contributed by atoms with E-state index in [2.05, 4.69) is 17.1 Å². The second-order valence-corrected chi connectivity index (χ2v) is 7.18. The number of amides is 1. The topological polar surface area (TPSA) is 68.5 Å². The molecule has 0 saturated carbocycles. The van der Waals surface area contributed by atoms with E-state index < -0.39 is 0 Å². The summed E-state index contributed by atoms with van der Waals surface area (Å²) in [6, 6.07) is 7.62. The molecule has 6 nitrogen and oxygen atoms in total. The summed E-state index contributed by atoms with van der Waals surface area (Å²) in [4.78, 5) is 19.0. The van der Waals surface area contributed by atoms with Gasteiger partial charge in [-0.15, -0.1) is 0 Å². The summed E-state index contributed by atoms with van der Waals surface area (Å²) in [5.74, 6) is 2.31. The second-order valence-electron chi connectivity index (χ2n) is 7.18. The van der Waals surface area contributed by atoms with Gasteiger partial charge in [-0.2, -0.15) is 4.98 Å². The molecule has 27 heavy (non-hydrogen) atoms. The fraction of sp³-hybridized carbons (Fsp3) is 0.571. The van der Waals surface area contributed by atoms with Crippen LogP contribution in [0.25, 0.3) is 11.4 Å². The summed E-state index contributed by atoms with van der Waals surface area (Å²) < 4.78 is 10.8. The highest BCUT2D eigenvalue weighted by Crippen LogP contribution is 2.29. The number of carbonyl (C=O) groups excluding carboxylic acids is 1.